The lowest BCUT2D eigenvalue weighted by molar-refractivity contribution is -0.139. The van der Waals surface area contributed by atoms with Crippen molar-refractivity contribution in [2.45, 2.75) is 63.4 Å². The van der Waals surface area contributed by atoms with Gasteiger partial charge in [-0.05, 0) is 55.9 Å². The summed E-state index contributed by atoms with van der Waals surface area (Å²) in [4.78, 5) is 40.5. The molecule has 39 heavy (non-hydrogen) atoms. The monoisotopic (exact) mass is 533 g/mol. The summed E-state index contributed by atoms with van der Waals surface area (Å²) in [5, 5.41) is 11.5. The fraction of sp³-hybridized carbons (Fsp3) is 0.464. The number of halogens is 1. The van der Waals surface area contributed by atoms with Gasteiger partial charge in [-0.15, -0.1) is 0 Å². The third kappa shape index (κ3) is 5.04. The standard InChI is InChI=1S/C28H32FN7O3/c1-16(37)23-14-35(25-5-3-17(8-22(23)25)18-6-7-30-31-11-18)15-27(38)36-13-20(29)9-26(36)28(39)33-21-4-2-19-12-32-34-24(19)10-21/h3,5-8,11,14,19-21,24,26,32,34H,2,4,9-10,12-13,15H2,1H3,(H,33,39)/t19?,20-,21?,24?,26+/m1/s1. The van der Waals surface area contributed by atoms with Crippen LogP contribution in [0.5, 0.6) is 0 Å². The molecule has 3 N–H and O–H groups in total. The number of amides is 2. The van der Waals surface area contributed by atoms with E-state index < -0.39 is 12.2 Å². The van der Waals surface area contributed by atoms with E-state index in [0.29, 0.717) is 28.4 Å². The largest absolute Gasteiger partial charge is 0.352 e. The molecular weight excluding hydrogens is 501 g/mol. The molecule has 1 aliphatic carbocycles. The zero-order chi connectivity index (χ0) is 27.1. The molecule has 1 aromatic carbocycles. The maximum absolute atomic E-state index is 14.6. The Labute approximate surface area is 225 Å². The van der Waals surface area contributed by atoms with Gasteiger partial charge in [0.1, 0.15) is 18.8 Å². The number of carbonyl (C=O) groups is 3. The van der Waals surface area contributed by atoms with Gasteiger partial charge >= 0.3 is 0 Å². The van der Waals surface area contributed by atoms with Crippen molar-refractivity contribution in [2.24, 2.45) is 5.92 Å². The number of aromatic nitrogens is 3. The van der Waals surface area contributed by atoms with E-state index in [-0.39, 0.29) is 43.1 Å². The molecule has 0 bridgehead atoms. The minimum Gasteiger partial charge on any atom is -0.352 e. The molecule has 2 aliphatic heterocycles. The molecule has 204 valence electrons. The van der Waals surface area contributed by atoms with Crippen molar-refractivity contribution in [2.75, 3.05) is 13.1 Å². The number of hydrazine groups is 1. The van der Waals surface area contributed by atoms with Crippen molar-refractivity contribution in [1.82, 2.24) is 35.8 Å². The van der Waals surface area contributed by atoms with Crippen LogP contribution in [0, 0.1) is 5.92 Å². The molecule has 10 nitrogen and oxygen atoms in total. The van der Waals surface area contributed by atoms with E-state index in [2.05, 4.69) is 26.4 Å². The maximum atomic E-state index is 14.6. The lowest BCUT2D eigenvalue weighted by atomic mass is 9.83. The minimum atomic E-state index is -1.26. The van der Waals surface area contributed by atoms with Crippen molar-refractivity contribution in [1.29, 1.82) is 0 Å². The third-order valence-electron chi connectivity index (χ3n) is 8.35. The lowest BCUT2D eigenvalue weighted by Crippen LogP contribution is -2.52. The zero-order valence-corrected chi connectivity index (χ0v) is 21.8. The highest BCUT2D eigenvalue weighted by molar-refractivity contribution is 6.08. The summed E-state index contributed by atoms with van der Waals surface area (Å²) in [6.45, 7) is 2.21. The molecule has 3 unspecified atom stereocenters. The van der Waals surface area contributed by atoms with E-state index in [0.717, 1.165) is 36.9 Å². The maximum Gasteiger partial charge on any atom is 0.243 e. The first-order chi connectivity index (χ1) is 18.9. The average Bonchev–Trinajstić information content (AvgIpc) is 3.65. The Bertz CT molecular complexity index is 1410. The van der Waals surface area contributed by atoms with E-state index in [4.69, 9.17) is 0 Å². The van der Waals surface area contributed by atoms with Gasteiger partial charge in [0.2, 0.25) is 11.8 Å². The molecule has 2 saturated heterocycles. The second-order valence-electron chi connectivity index (χ2n) is 10.9. The number of rotatable bonds is 6. The molecule has 1 saturated carbocycles. The number of fused-ring (bicyclic) bond motifs is 2. The zero-order valence-electron chi connectivity index (χ0n) is 21.8. The quantitative estimate of drug-likeness (QED) is 0.415. The second-order valence-corrected chi connectivity index (χ2v) is 10.9. The molecule has 5 atom stereocenters. The summed E-state index contributed by atoms with van der Waals surface area (Å²) in [5.41, 5.74) is 9.39. The Morgan fingerprint density at radius 3 is 2.79 bits per heavy atom. The summed E-state index contributed by atoms with van der Waals surface area (Å²) in [7, 11) is 0. The molecule has 11 heteroatoms. The molecule has 3 aliphatic rings. The van der Waals surface area contributed by atoms with Crippen molar-refractivity contribution in [3.63, 3.8) is 0 Å². The van der Waals surface area contributed by atoms with Crippen LogP contribution in [-0.2, 0) is 16.1 Å². The fourth-order valence-electron chi connectivity index (χ4n) is 6.30. The number of carbonyl (C=O) groups excluding carboxylic acids is 3. The number of benzene rings is 1. The van der Waals surface area contributed by atoms with Gasteiger partial charge in [0.05, 0.1) is 18.9 Å². The molecule has 0 spiro atoms. The highest BCUT2D eigenvalue weighted by atomic mass is 19.1. The average molecular weight is 534 g/mol. The van der Waals surface area contributed by atoms with Crippen molar-refractivity contribution >= 4 is 28.5 Å². The SMILES string of the molecule is CC(=O)c1cn(CC(=O)N2C[C@H](F)C[C@H]2C(=O)NC2CCC3CNNC3C2)c2ccc(-c3ccnnc3)cc12. The number of nitrogens with zero attached hydrogens (tertiary/aromatic N) is 4. The number of likely N-dealkylation sites (tertiary alicyclic amines) is 1. The van der Waals surface area contributed by atoms with Gasteiger partial charge in [-0.1, -0.05) is 6.07 Å². The Morgan fingerprint density at radius 2 is 2.00 bits per heavy atom. The molecule has 3 aromatic rings. The smallest absolute Gasteiger partial charge is 0.243 e. The number of alkyl halides is 1. The molecule has 2 aromatic heterocycles. The van der Waals surface area contributed by atoms with E-state index >= 15 is 0 Å². The van der Waals surface area contributed by atoms with Crippen LogP contribution in [0.25, 0.3) is 22.0 Å². The summed E-state index contributed by atoms with van der Waals surface area (Å²) < 4.78 is 16.3. The van der Waals surface area contributed by atoms with Crippen LogP contribution in [0.4, 0.5) is 4.39 Å². The van der Waals surface area contributed by atoms with Gasteiger partial charge in [-0.25, -0.2) is 4.39 Å². The fourth-order valence-corrected chi connectivity index (χ4v) is 6.30. The third-order valence-corrected chi connectivity index (χ3v) is 8.35. The Hall–Kier alpha value is -3.70. The van der Waals surface area contributed by atoms with Crippen LogP contribution in [0.1, 0.15) is 43.0 Å². The first-order valence-corrected chi connectivity index (χ1v) is 13.5. The Morgan fingerprint density at radius 1 is 1.13 bits per heavy atom. The van der Waals surface area contributed by atoms with Crippen LogP contribution in [0.2, 0.25) is 0 Å². The van der Waals surface area contributed by atoms with Crippen LogP contribution in [0.15, 0.2) is 42.9 Å². The van der Waals surface area contributed by atoms with E-state index in [1.165, 1.54) is 11.8 Å². The molecule has 2 amide bonds. The van der Waals surface area contributed by atoms with Gasteiger partial charge in [0.15, 0.2) is 5.78 Å². The van der Waals surface area contributed by atoms with Gasteiger partial charge in [-0.3, -0.25) is 25.2 Å². The number of hydrogen-bond donors (Lipinski definition) is 3. The summed E-state index contributed by atoms with van der Waals surface area (Å²) in [6, 6.07) is 6.96. The van der Waals surface area contributed by atoms with Gasteiger partial charge < -0.3 is 14.8 Å². The molecule has 4 heterocycles. The number of Topliss-reactive ketones (excluding diaryl/α,β-unsaturated/α-hetero) is 1. The normalized spacial score (nSPS) is 26.5. The number of ketones is 1. The lowest BCUT2D eigenvalue weighted by Gasteiger charge is -2.33. The Kier molecular flexibility index (Phi) is 6.86. The van der Waals surface area contributed by atoms with E-state index in [9.17, 15) is 18.8 Å². The van der Waals surface area contributed by atoms with Crippen molar-refractivity contribution < 1.29 is 18.8 Å². The topological polar surface area (TPSA) is 121 Å². The second kappa shape index (κ2) is 10.5. The van der Waals surface area contributed by atoms with Crippen LogP contribution in [0.3, 0.4) is 0 Å². The first kappa shape index (κ1) is 25.6. The number of nitrogens with one attached hydrogen (secondary N) is 3. The first-order valence-electron chi connectivity index (χ1n) is 13.5. The minimum absolute atomic E-state index is 0.00179. The molecular formula is C28H32FN7O3. The highest BCUT2D eigenvalue weighted by Gasteiger charge is 2.41. The summed E-state index contributed by atoms with van der Waals surface area (Å²) in [5.74, 6) is -0.211. The predicted molar refractivity (Wildman–Crippen MR) is 142 cm³/mol. The molecule has 3 fully saturated rings. The van der Waals surface area contributed by atoms with Crippen molar-refractivity contribution in [3.8, 4) is 11.1 Å². The van der Waals surface area contributed by atoms with E-state index in [1.807, 2.05) is 24.3 Å². The Balaban J connectivity index is 1.20. The molecule has 6 rings (SSSR count). The van der Waals surface area contributed by atoms with E-state index in [1.54, 1.807) is 23.2 Å². The number of hydrogen-bond acceptors (Lipinski definition) is 7. The molecule has 0 radical (unpaired) electrons. The van der Waals surface area contributed by atoms with Gasteiger partial charge in [0.25, 0.3) is 0 Å². The van der Waals surface area contributed by atoms with Gasteiger partial charge in [-0.2, -0.15) is 10.2 Å². The van der Waals surface area contributed by atoms with Crippen LogP contribution in [-0.4, -0.2) is 74.6 Å². The van der Waals surface area contributed by atoms with Crippen LogP contribution >= 0.6 is 0 Å². The van der Waals surface area contributed by atoms with Crippen LogP contribution < -0.4 is 16.2 Å². The van der Waals surface area contributed by atoms with Crippen molar-refractivity contribution in [3.05, 3.63) is 48.4 Å². The summed E-state index contributed by atoms with van der Waals surface area (Å²) in [6.07, 6.45) is 6.33. The highest BCUT2D eigenvalue weighted by Crippen LogP contribution is 2.30. The van der Waals surface area contributed by atoms with Gasteiger partial charge in [0, 0.05) is 53.3 Å². The predicted octanol–water partition coefficient (Wildman–Crippen LogP) is 2.00. The summed E-state index contributed by atoms with van der Waals surface area (Å²) >= 11 is 0.